The van der Waals surface area contributed by atoms with Gasteiger partial charge in [-0.2, -0.15) is 0 Å². The maximum atomic E-state index is 6.20. The van der Waals surface area contributed by atoms with E-state index in [0.717, 1.165) is 37.9 Å². The summed E-state index contributed by atoms with van der Waals surface area (Å²) in [5.74, 6) is 1.64. The van der Waals surface area contributed by atoms with Crippen molar-refractivity contribution in [3.63, 3.8) is 0 Å². The lowest BCUT2D eigenvalue weighted by Crippen LogP contribution is -2.31. The fraction of sp³-hybridized carbons (Fsp3) is 0.625. The predicted octanol–water partition coefficient (Wildman–Crippen LogP) is 3.85. The molecule has 0 aliphatic heterocycles. The molecule has 0 aromatic heterocycles. The molecule has 1 unspecified atom stereocenters. The van der Waals surface area contributed by atoms with Crippen LogP contribution in [-0.2, 0) is 0 Å². The molecular formula is C16H25NO. The third kappa shape index (κ3) is 3.26. The van der Waals surface area contributed by atoms with Crippen molar-refractivity contribution >= 4 is 0 Å². The summed E-state index contributed by atoms with van der Waals surface area (Å²) in [7, 11) is 0. The third-order valence-corrected chi connectivity index (χ3v) is 4.07. The Morgan fingerprint density at radius 3 is 2.56 bits per heavy atom. The molecule has 100 valence electrons. The molecule has 1 atom stereocenters. The molecule has 0 spiro atoms. The molecule has 1 aromatic rings. The Hall–Kier alpha value is -1.02. The SMILES string of the molecule is CCC(C)c1ccccc1OC1CCC(N)CC1. The number of hydrogen-bond donors (Lipinski definition) is 1. The molecule has 1 aromatic carbocycles. The van der Waals surface area contributed by atoms with Crippen LogP contribution < -0.4 is 10.5 Å². The van der Waals surface area contributed by atoms with Crippen molar-refractivity contribution in [2.45, 2.75) is 64.0 Å². The van der Waals surface area contributed by atoms with Crippen molar-refractivity contribution in [3.8, 4) is 5.75 Å². The summed E-state index contributed by atoms with van der Waals surface area (Å²) in [5, 5.41) is 0. The van der Waals surface area contributed by atoms with Crippen LogP contribution in [0.3, 0.4) is 0 Å². The Bertz CT molecular complexity index is 369. The normalized spacial score (nSPS) is 25.7. The van der Waals surface area contributed by atoms with E-state index in [4.69, 9.17) is 10.5 Å². The average molecular weight is 247 g/mol. The number of para-hydroxylation sites is 1. The molecule has 2 N–H and O–H groups in total. The van der Waals surface area contributed by atoms with Gasteiger partial charge in [-0.1, -0.05) is 32.0 Å². The number of rotatable bonds is 4. The van der Waals surface area contributed by atoms with Crippen molar-refractivity contribution < 1.29 is 4.74 Å². The van der Waals surface area contributed by atoms with Crippen LogP contribution in [0.5, 0.6) is 5.75 Å². The van der Waals surface area contributed by atoms with Gasteiger partial charge in [-0.3, -0.25) is 0 Å². The van der Waals surface area contributed by atoms with E-state index in [9.17, 15) is 0 Å². The van der Waals surface area contributed by atoms with Crippen LogP contribution in [0.1, 0.15) is 57.4 Å². The first-order valence-electron chi connectivity index (χ1n) is 7.21. The minimum atomic E-state index is 0.356. The zero-order valence-electron chi connectivity index (χ0n) is 11.6. The van der Waals surface area contributed by atoms with Gasteiger partial charge in [0.25, 0.3) is 0 Å². The van der Waals surface area contributed by atoms with E-state index >= 15 is 0 Å². The first kappa shape index (κ1) is 13.4. The van der Waals surface area contributed by atoms with Crippen molar-refractivity contribution in [1.82, 2.24) is 0 Å². The Labute approximate surface area is 111 Å². The summed E-state index contributed by atoms with van der Waals surface area (Å²) >= 11 is 0. The minimum Gasteiger partial charge on any atom is -0.490 e. The van der Waals surface area contributed by atoms with Crippen LogP contribution in [0.25, 0.3) is 0 Å². The summed E-state index contributed by atoms with van der Waals surface area (Å²) in [6, 6.07) is 8.85. The first-order valence-corrected chi connectivity index (χ1v) is 7.21. The standard InChI is InChI=1S/C16H25NO/c1-3-12(2)15-6-4-5-7-16(15)18-14-10-8-13(17)9-11-14/h4-7,12-14H,3,8-11,17H2,1-2H3. The van der Waals surface area contributed by atoms with Crippen LogP contribution in [0, 0.1) is 0 Å². The van der Waals surface area contributed by atoms with Gasteiger partial charge in [0.15, 0.2) is 0 Å². The molecule has 1 aliphatic rings. The van der Waals surface area contributed by atoms with E-state index in [1.165, 1.54) is 5.56 Å². The maximum Gasteiger partial charge on any atom is 0.123 e. The lowest BCUT2D eigenvalue weighted by Gasteiger charge is -2.28. The van der Waals surface area contributed by atoms with Gasteiger partial charge >= 0.3 is 0 Å². The number of benzene rings is 1. The molecule has 1 aliphatic carbocycles. The molecule has 0 radical (unpaired) electrons. The fourth-order valence-corrected chi connectivity index (χ4v) is 2.60. The molecule has 2 rings (SSSR count). The summed E-state index contributed by atoms with van der Waals surface area (Å²) in [6.07, 6.45) is 5.88. The number of nitrogens with two attached hydrogens (primary N) is 1. The Morgan fingerprint density at radius 2 is 1.89 bits per heavy atom. The quantitative estimate of drug-likeness (QED) is 0.877. The summed E-state index contributed by atoms with van der Waals surface area (Å²) in [4.78, 5) is 0. The Balaban J connectivity index is 2.04. The zero-order valence-corrected chi connectivity index (χ0v) is 11.6. The second kappa shape index (κ2) is 6.24. The van der Waals surface area contributed by atoms with Crippen molar-refractivity contribution in [2.24, 2.45) is 5.73 Å². The second-order valence-corrected chi connectivity index (χ2v) is 5.50. The molecular weight excluding hydrogens is 222 g/mol. The predicted molar refractivity (Wildman–Crippen MR) is 76.0 cm³/mol. The molecule has 2 heteroatoms. The van der Waals surface area contributed by atoms with E-state index in [-0.39, 0.29) is 0 Å². The van der Waals surface area contributed by atoms with Gasteiger partial charge in [0.2, 0.25) is 0 Å². The van der Waals surface area contributed by atoms with Gasteiger partial charge in [-0.25, -0.2) is 0 Å². The van der Waals surface area contributed by atoms with E-state index in [2.05, 4.69) is 38.1 Å². The van der Waals surface area contributed by atoms with Crippen LogP contribution in [-0.4, -0.2) is 12.1 Å². The van der Waals surface area contributed by atoms with E-state index in [0.29, 0.717) is 18.1 Å². The van der Waals surface area contributed by atoms with Gasteiger partial charge in [-0.05, 0) is 49.7 Å². The molecule has 18 heavy (non-hydrogen) atoms. The van der Waals surface area contributed by atoms with Gasteiger partial charge in [0.1, 0.15) is 5.75 Å². The maximum absolute atomic E-state index is 6.20. The molecule has 0 heterocycles. The minimum absolute atomic E-state index is 0.356. The summed E-state index contributed by atoms with van der Waals surface area (Å²) in [6.45, 7) is 4.49. The van der Waals surface area contributed by atoms with Crippen LogP contribution >= 0.6 is 0 Å². The topological polar surface area (TPSA) is 35.2 Å². The summed E-state index contributed by atoms with van der Waals surface area (Å²) < 4.78 is 6.20. The van der Waals surface area contributed by atoms with Gasteiger partial charge in [0, 0.05) is 6.04 Å². The van der Waals surface area contributed by atoms with Crippen molar-refractivity contribution in [1.29, 1.82) is 0 Å². The first-order chi connectivity index (χ1) is 8.70. The molecule has 0 amide bonds. The lowest BCUT2D eigenvalue weighted by atomic mass is 9.93. The highest BCUT2D eigenvalue weighted by molar-refractivity contribution is 5.36. The number of ether oxygens (including phenoxy) is 1. The third-order valence-electron chi connectivity index (χ3n) is 4.07. The molecule has 2 nitrogen and oxygen atoms in total. The Morgan fingerprint density at radius 1 is 1.22 bits per heavy atom. The highest BCUT2D eigenvalue weighted by Crippen LogP contribution is 2.31. The van der Waals surface area contributed by atoms with Crippen LogP contribution in [0.15, 0.2) is 24.3 Å². The average Bonchev–Trinajstić information content (AvgIpc) is 2.41. The molecule has 0 bridgehead atoms. The van der Waals surface area contributed by atoms with E-state index in [1.807, 2.05) is 0 Å². The Kier molecular flexibility index (Phi) is 4.65. The molecule has 1 fully saturated rings. The van der Waals surface area contributed by atoms with Gasteiger partial charge in [-0.15, -0.1) is 0 Å². The lowest BCUT2D eigenvalue weighted by molar-refractivity contribution is 0.145. The molecule has 0 saturated heterocycles. The highest BCUT2D eigenvalue weighted by Gasteiger charge is 2.21. The smallest absolute Gasteiger partial charge is 0.123 e. The van der Waals surface area contributed by atoms with Crippen LogP contribution in [0.4, 0.5) is 0 Å². The highest BCUT2D eigenvalue weighted by atomic mass is 16.5. The van der Waals surface area contributed by atoms with Gasteiger partial charge in [0.05, 0.1) is 6.10 Å². The zero-order chi connectivity index (χ0) is 13.0. The van der Waals surface area contributed by atoms with Crippen molar-refractivity contribution in [3.05, 3.63) is 29.8 Å². The monoisotopic (exact) mass is 247 g/mol. The largest absolute Gasteiger partial charge is 0.490 e. The fourth-order valence-electron chi connectivity index (χ4n) is 2.60. The van der Waals surface area contributed by atoms with Crippen molar-refractivity contribution in [2.75, 3.05) is 0 Å². The van der Waals surface area contributed by atoms with E-state index < -0.39 is 0 Å². The van der Waals surface area contributed by atoms with Crippen LogP contribution in [0.2, 0.25) is 0 Å². The number of hydrogen-bond acceptors (Lipinski definition) is 2. The van der Waals surface area contributed by atoms with Gasteiger partial charge < -0.3 is 10.5 Å². The molecule has 1 saturated carbocycles. The second-order valence-electron chi connectivity index (χ2n) is 5.50. The van der Waals surface area contributed by atoms with E-state index in [1.54, 1.807) is 0 Å². The summed E-state index contributed by atoms with van der Waals surface area (Å²) in [5.41, 5.74) is 7.28.